The Kier molecular flexibility index (Phi) is 6.88. The standard InChI is InChI=1S/C26H27FN4O4/c1-15-5-4-6-16(2)24(15)30-26-25(29-22-8-7-18(27)13-31(22)26)23-17(3)11-19(34-10-9-32)12-20(23)35-14-21(28)33/h4-8,11-13,30,32H,9-10,14H2,1-3H3,(H2,28,33). The van der Waals surface area contributed by atoms with Gasteiger partial charge in [0, 0.05) is 23.5 Å². The van der Waals surface area contributed by atoms with Crippen molar-refractivity contribution in [2.24, 2.45) is 5.73 Å². The number of hydrogen-bond donors (Lipinski definition) is 3. The number of ether oxygens (including phenoxy) is 2. The molecular formula is C26H27FN4O4. The predicted octanol–water partition coefficient (Wildman–Crippen LogP) is 4.04. The number of rotatable bonds is 9. The summed E-state index contributed by atoms with van der Waals surface area (Å²) in [5.74, 6) is 0.263. The zero-order chi connectivity index (χ0) is 25.1. The molecule has 0 atom stereocenters. The number of anilines is 2. The van der Waals surface area contributed by atoms with Crippen LogP contribution < -0.4 is 20.5 Å². The maximum absolute atomic E-state index is 14.3. The number of aryl methyl sites for hydroxylation is 3. The van der Waals surface area contributed by atoms with E-state index in [1.165, 1.54) is 12.3 Å². The first-order valence-electron chi connectivity index (χ1n) is 11.1. The fourth-order valence-electron chi connectivity index (χ4n) is 3.98. The molecule has 0 saturated heterocycles. The third-order valence-corrected chi connectivity index (χ3v) is 5.55. The molecule has 35 heavy (non-hydrogen) atoms. The van der Waals surface area contributed by atoms with Crippen LogP contribution in [0.3, 0.4) is 0 Å². The summed E-state index contributed by atoms with van der Waals surface area (Å²) in [6.45, 7) is 5.42. The van der Waals surface area contributed by atoms with Gasteiger partial charge in [-0.05, 0) is 55.7 Å². The molecule has 2 heterocycles. The van der Waals surface area contributed by atoms with Gasteiger partial charge in [0.05, 0.1) is 6.61 Å². The Morgan fingerprint density at radius 1 is 1.11 bits per heavy atom. The average Bonchev–Trinajstić information content (AvgIpc) is 3.15. The highest BCUT2D eigenvalue weighted by Gasteiger charge is 2.23. The van der Waals surface area contributed by atoms with Gasteiger partial charge in [0.25, 0.3) is 5.91 Å². The van der Waals surface area contributed by atoms with E-state index in [9.17, 15) is 9.18 Å². The van der Waals surface area contributed by atoms with Crippen LogP contribution in [0, 0.1) is 26.6 Å². The van der Waals surface area contributed by atoms with Crippen molar-refractivity contribution in [2.45, 2.75) is 20.8 Å². The van der Waals surface area contributed by atoms with Crippen LogP contribution in [0.15, 0.2) is 48.7 Å². The van der Waals surface area contributed by atoms with E-state index in [2.05, 4.69) is 5.32 Å². The molecule has 0 aliphatic rings. The van der Waals surface area contributed by atoms with Crippen LogP contribution >= 0.6 is 0 Å². The van der Waals surface area contributed by atoms with Crippen molar-refractivity contribution in [3.63, 3.8) is 0 Å². The van der Waals surface area contributed by atoms with Gasteiger partial charge in [-0.3, -0.25) is 9.20 Å². The van der Waals surface area contributed by atoms with Crippen molar-refractivity contribution in [3.8, 4) is 22.8 Å². The Morgan fingerprint density at radius 3 is 2.54 bits per heavy atom. The number of aliphatic hydroxyl groups excluding tert-OH is 1. The maximum atomic E-state index is 14.3. The minimum absolute atomic E-state index is 0.0983. The number of carbonyl (C=O) groups excluding carboxylic acids is 1. The number of aliphatic hydroxyl groups is 1. The molecule has 8 nitrogen and oxygen atoms in total. The van der Waals surface area contributed by atoms with E-state index in [0.717, 1.165) is 22.4 Å². The fraction of sp³-hybridized carbons (Fsp3) is 0.231. The quantitative estimate of drug-likeness (QED) is 0.335. The summed E-state index contributed by atoms with van der Waals surface area (Å²) in [6, 6.07) is 12.3. The van der Waals surface area contributed by atoms with Crippen molar-refractivity contribution in [3.05, 3.63) is 71.2 Å². The van der Waals surface area contributed by atoms with Gasteiger partial charge in [-0.15, -0.1) is 0 Å². The van der Waals surface area contributed by atoms with E-state index in [0.29, 0.717) is 34.2 Å². The van der Waals surface area contributed by atoms with Crippen LogP contribution in [0.25, 0.3) is 16.9 Å². The Morgan fingerprint density at radius 2 is 1.86 bits per heavy atom. The molecule has 1 amide bonds. The molecule has 4 rings (SSSR count). The summed E-state index contributed by atoms with van der Waals surface area (Å²) < 4.78 is 27.2. The van der Waals surface area contributed by atoms with Gasteiger partial charge in [0.15, 0.2) is 6.61 Å². The van der Waals surface area contributed by atoms with Gasteiger partial charge in [-0.25, -0.2) is 9.37 Å². The van der Waals surface area contributed by atoms with Crippen LogP contribution in [0.5, 0.6) is 11.5 Å². The number of primary amides is 1. The third kappa shape index (κ3) is 5.04. The minimum atomic E-state index is -0.638. The number of nitrogens with two attached hydrogens (primary N) is 1. The summed E-state index contributed by atoms with van der Waals surface area (Å²) in [5, 5.41) is 12.6. The Balaban J connectivity index is 1.95. The second-order valence-electron chi connectivity index (χ2n) is 8.22. The Labute approximate surface area is 202 Å². The molecular weight excluding hydrogens is 451 g/mol. The van der Waals surface area contributed by atoms with E-state index in [1.54, 1.807) is 22.6 Å². The molecule has 0 saturated carbocycles. The third-order valence-electron chi connectivity index (χ3n) is 5.55. The number of imidazole rings is 1. The zero-order valence-electron chi connectivity index (χ0n) is 19.8. The number of carbonyl (C=O) groups is 1. The number of para-hydroxylation sites is 1. The van der Waals surface area contributed by atoms with Gasteiger partial charge >= 0.3 is 0 Å². The number of amides is 1. The predicted molar refractivity (Wildman–Crippen MR) is 132 cm³/mol. The van der Waals surface area contributed by atoms with Crippen LogP contribution in [0.4, 0.5) is 15.9 Å². The highest BCUT2D eigenvalue weighted by Crippen LogP contribution is 2.42. The van der Waals surface area contributed by atoms with Crippen LogP contribution in [-0.2, 0) is 4.79 Å². The van der Waals surface area contributed by atoms with E-state index in [1.807, 2.05) is 39.0 Å². The van der Waals surface area contributed by atoms with Gasteiger partial charge in [-0.2, -0.15) is 0 Å². The summed E-state index contributed by atoms with van der Waals surface area (Å²) in [5.41, 5.74) is 10.6. The fourth-order valence-corrected chi connectivity index (χ4v) is 3.98. The van der Waals surface area contributed by atoms with E-state index < -0.39 is 11.7 Å². The number of nitrogens with zero attached hydrogens (tertiary/aromatic N) is 2. The lowest BCUT2D eigenvalue weighted by Crippen LogP contribution is -2.20. The maximum Gasteiger partial charge on any atom is 0.255 e. The number of benzene rings is 2. The lowest BCUT2D eigenvalue weighted by Gasteiger charge is -2.18. The number of nitrogens with one attached hydrogen (secondary N) is 1. The minimum Gasteiger partial charge on any atom is -0.491 e. The number of pyridine rings is 1. The molecule has 0 spiro atoms. The number of halogens is 1. The van der Waals surface area contributed by atoms with Gasteiger partial charge in [0.2, 0.25) is 0 Å². The molecule has 0 aliphatic carbocycles. The first-order chi connectivity index (χ1) is 16.8. The molecule has 0 fully saturated rings. The van der Waals surface area contributed by atoms with E-state index in [-0.39, 0.29) is 19.8 Å². The van der Waals surface area contributed by atoms with Crippen LogP contribution in [-0.4, -0.2) is 40.2 Å². The highest BCUT2D eigenvalue weighted by atomic mass is 19.1. The summed E-state index contributed by atoms with van der Waals surface area (Å²) in [4.78, 5) is 16.3. The SMILES string of the molecule is Cc1cccc(C)c1Nc1c(-c2c(C)cc(OCCO)cc2OCC(N)=O)nc2ccc(F)cn12. The molecule has 2 aromatic carbocycles. The van der Waals surface area contributed by atoms with Crippen molar-refractivity contribution in [2.75, 3.05) is 25.1 Å². The second-order valence-corrected chi connectivity index (χ2v) is 8.22. The van der Waals surface area contributed by atoms with Gasteiger partial charge < -0.3 is 25.6 Å². The highest BCUT2D eigenvalue weighted by molar-refractivity contribution is 5.86. The summed E-state index contributed by atoms with van der Waals surface area (Å²) >= 11 is 0. The van der Waals surface area contributed by atoms with Crippen LogP contribution in [0.1, 0.15) is 16.7 Å². The number of fused-ring (bicyclic) bond motifs is 1. The van der Waals surface area contributed by atoms with Crippen molar-refractivity contribution in [1.29, 1.82) is 0 Å². The van der Waals surface area contributed by atoms with E-state index >= 15 is 0 Å². The first kappa shape index (κ1) is 24.0. The van der Waals surface area contributed by atoms with Gasteiger partial charge in [0.1, 0.15) is 41.1 Å². The first-order valence-corrected chi connectivity index (χ1v) is 11.1. The average molecular weight is 479 g/mol. The normalized spacial score (nSPS) is 11.0. The zero-order valence-corrected chi connectivity index (χ0v) is 19.8. The van der Waals surface area contributed by atoms with Crippen molar-refractivity contribution < 1.29 is 23.8 Å². The number of aromatic nitrogens is 2. The lowest BCUT2D eigenvalue weighted by atomic mass is 10.0. The monoisotopic (exact) mass is 478 g/mol. The molecule has 182 valence electrons. The summed E-state index contributed by atoms with van der Waals surface area (Å²) in [7, 11) is 0. The Hall–Kier alpha value is -4.11. The molecule has 4 aromatic rings. The second kappa shape index (κ2) is 10.0. The summed E-state index contributed by atoms with van der Waals surface area (Å²) in [6.07, 6.45) is 1.36. The van der Waals surface area contributed by atoms with Crippen molar-refractivity contribution in [1.82, 2.24) is 9.38 Å². The molecule has 2 aromatic heterocycles. The van der Waals surface area contributed by atoms with E-state index in [4.69, 9.17) is 25.3 Å². The number of hydrogen-bond acceptors (Lipinski definition) is 6. The largest absolute Gasteiger partial charge is 0.491 e. The van der Waals surface area contributed by atoms with Crippen molar-refractivity contribution >= 4 is 23.1 Å². The molecule has 0 radical (unpaired) electrons. The molecule has 0 aliphatic heterocycles. The van der Waals surface area contributed by atoms with Gasteiger partial charge in [-0.1, -0.05) is 18.2 Å². The van der Waals surface area contributed by atoms with Crippen LogP contribution in [0.2, 0.25) is 0 Å². The smallest absolute Gasteiger partial charge is 0.255 e. The molecule has 0 bridgehead atoms. The lowest BCUT2D eigenvalue weighted by molar-refractivity contribution is -0.119. The molecule has 9 heteroatoms. The topological polar surface area (TPSA) is 111 Å². The molecule has 4 N–H and O–H groups in total. The Bertz CT molecular complexity index is 1380. The molecule has 0 unspecified atom stereocenters.